The Bertz CT molecular complexity index is 950. The second-order valence-corrected chi connectivity index (χ2v) is 5.36. The summed E-state index contributed by atoms with van der Waals surface area (Å²) in [7, 11) is 5.69. The van der Waals surface area contributed by atoms with Gasteiger partial charge >= 0.3 is 0 Å². The van der Waals surface area contributed by atoms with E-state index in [0.29, 0.717) is 22.9 Å². The van der Waals surface area contributed by atoms with Crippen LogP contribution in [0.1, 0.15) is 0 Å². The molecule has 0 aliphatic carbocycles. The normalized spacial score (nSPS) is 10.6. The highest BCUT2D eigenvalue weighted by Crippen LogP contribution is 2.40. The van der Waals surface area contributed by atoms with Gasteiger partial charge in [-0.15, -0.1) is 5.10 Å². The molecule has 0 spiro atoms. The van der Waals surface area contributed by atoms with Crippen molar-refractivity contribution in [3.8, 4) is 39.9 Å². The third-order valence-corrected chi connectivity index (χ3v) is 3.99. The van der Waals surface area contributed by atoms with Crippen molar-refractivity contribution in [2.24, 2.45) is 0 Å². The van der Waals surface area contributed by atoms with Crippen LogP contribution in [0.3, 0.4) is 0 Å². The zero-order chi connectivity index (χ0) is 19.6. The number of nitrogens with zero attached hydrogens (tertiary/aromatic N) is 3. The predicted octanol–water partition coefficient (Wildman–Crippen LogP) is 3.25. The molecule has 0 aliphatic rings. The van der Waals surface area contributed by atoms with Gasteiger partial charge in [0.05, 0.1) is 46.0 Å². The number of hydrogen-bond acceptors (Lipinski definition) is 6. The van der Waals surface area contributed by atoms with Crippen LogP contribution in [-0.2, 0) is 0 Å². The number of aromatic nitrogens is 3. The number of methoxy groups -OCH3 is 4. The van der Waals surface area contributed by atoms with Crippen molar-refractivity contribution < 1.29 is 27.7 Å². The number of ether oxygens (including phenoxy) is 4. The summed E-state index contributed by atoms with van der Waals surface area (Å²) in [4.78, 5) is 0. The van der Waals surface area contributed by atoms with E-state index in [-0.39, 0.29) is 17.0 Å². The molecule has 0 atom stereocenters. The third kappa shape index (κ3) is 3.12. The quantitative estimate of drug-likeness (QED) is 0.657. The van der Waals surface area contributed by atoms with Crippen molar-refractivity contribution in [1.82, 2.24) is 15.0 Å². The molecule has 0 unspecified atom stereocenters. The Hall–Kier alpha value is -3.36. The molecule has 0 bridgehead atoms. The Morgan fingerprint density at radius 2 is 1.44 bits per heavy atom. The van der Waals surface area contributed by atoms with Gasteiger partial charge < -0.3 is 18.9 Å². The number of rotatable bonds is 6. The van der Waals surface area contributed by atoms with E-state index in [0.717, 1.165) is 0 Å². The molecule has 9 heteroatoms. The minimum atomic E-state index is -1.09. The molecule has 142 valence electrons. The Kier molecular flexibility index (Phi) is 5.11. The summed E-state index contributed by atoms with van der Waals surface area (Å²) in [6.45, 7) is 0. The van der Waals surface area contributed by atoms with Crippen LogP contribution in [0.25, 0.3) is 16.9 Å². The van der Waals surface area contributed by atoms with Crippen molar-refractivity contribution in [1.29, 1.82) is 0 Å². The number of benzene rings is 2. The summed E-state index contributed by atoms with van der Waals surface area (Å²) in [6, 6.07) is 5.97. The first-order valence-electron chi connectivity index (χ1n) is 7.79. The first-order valence-corrected chi connectivity index (χ1v) is 7.79. The van der Waals surface area contributed by atoms with Gasteiger partial charge in [-0.1, -0.05) is 5.21 Å². The maximum Gasteiger partial charge on any atom is 0.203 e. The molecule has 3 rings (SSSR count). The second-order valence-electron chi connectivity index (χ2n) is 5.36. The van der Waals surface area contributed by atoms with Crippen molar-refractivity contribution in [3.63, 3.8) is 0 Å². The van der Waals surface area contributed by atoms with Gasteiger partial charge in [0.2, 0.25) is 11.6 Å². The summed E-state index contributed by atoms with van der Waals surface area (Å²) in [5.74, 6) is -1.18. The molecule has 0 N–H and O–H groups in total. The summed E-state index contributed by atoms with van der Waals surface area (Å²) in [5, 5.41) is 7.80. The fraction of sp³-hybridized carbons (Fsp3) is 0.222. The van der Waals surface area contributed by atoms with E-state index < -0.39 is 11.6 Å². The van der Waals surface area contributed by atoms with Gasteiger partial charge in [-0.3, -0.25) is 0 Å². The van der Waals surface area contributed by atoms with E-state index in [1.54, 1.807) is 12.1 Å². The molecule has 1 heterocycles. The molecule has 7 nitrogen and oxygen atoms in total. The third-order valence-electron chi connectivity index (χ3n) is 3.99. The summed E-state index contributed by atoms with van der Waals surface area (Å²) >= 11 is 0. The lowest BCUT2D eigenvalue weighted by molar-refractivity contribution is 0.324. The molecule has 0 saturated heterocycles. The van der Waals surface area contributed by atoms with E-state index in [1.807, 2.05) is 0 Å². The van der Waals surface area contributed by atoms with E-state index in [9.17, 15) is 8.78 Å². The average molecular weight is 377 g/mol. The average Bonchev–Trinajstić information content (AvgIpc) is 3.18. The van der Waals surface area contributed by atoms with Gasteiger partial charge in [-0.25, -0.2) is 9.07 Å². The zero-order valence-electron chi connectivity index (χ0n) is 15.1. The van der Waals surface area contributed by atoms with E-state index in [2.05, 4.69) is 10.3 Å². The zero-order valence-corrected chi connectivity index (χ0v) is 15.1. The standard InChI is InChI=1S/C18H17F2N3O4/c1-24-13-6-5-11(16(19)17(13)20)12-9-21-22-23(12)10-7-14(25-2)18(27-4)15(8-10)26-3/h5-9H,1-4H3. The molecular weight excluding hydrogens is 360 g/mol. The van der Waals surface area contributed by atoms with Crippen LogP contribution in [0.5, 0.6) is 23.0 Å². The maximum absolute atomic E-state index is 14.5. The topological polar surface area (TPSA) is 67.6 Å². The Morgan fingerprint density at radius 1 is 0.815 bits per heavy atom. The van der Waals surface area contributed by atoms with Crippen molar-refractivity contribution >= 4 is 0 Å². The maximum atomic E-state index is 14.5. The monoisotopic (exact) mass is 377 g/mol. The van der Waals surface area contributed by atoms with Gasteiger partial charge in [0, 0.05) is 17.7 Å². The fourth-order valence-corrected chi connectivity index (χ4v) is 2.69. The molecule has 27 heavy (non-hydrogen) atoms. The highest BCUT2D eigenvalue weighted by atomic mass is 19.2. The summed E-state index contributed by atoms with van der Waals surface area (Å²) in [5.41, 5.74) is 0.683. The Morgan fingerprint density at radius 3 is 2.00 bits per heavy atom. The minimum Gasteiger partial charge on any atom is -0.494 e. The van der Waals surface area contributed by atoms with Gasteiger partial charge in [0.25, 0.3) is 0 Å². The molecule has 3 aromatic rings. The second kappa shape index (κ2) is 7.48. The molecular formula is C18H17F2N3O4. The van der Waals surface area contributed by atoms with Crippen LogP contribution in [0.15, 0.2) is 30.5 Å². The molecule has 0 fully saturated rings. The van der Waals surface area contributed by atoms with E-state index >= 15 is 0 Å². The molecule has 0 amide bonds. The van der Waals surface area contributed by atoms with Gasteiger partial charge in [-0.2, -0.15) is 4.39 Å². The SMILES string of the molecule is COc1ccc(-c2cnnn2-c2cc(OC)c(OC)c(OC)c2)c(F)c1F. The van der Waals surface area contributed by atoms with Gasteiger partial charge in [-0.05, 0) is 12.1 Å². The number of hydrogen-bond donors (Lipinski definition) is 0. The van der Waals surface area contributed by atoms with Crippen LogP contribution < -0.4 is 18.9 Å². The summed E-state index contributed by atoms with van der Waals surface area (Å²) < 4.78 is 50.7. The largest absolute Gasteiger partial charge is 0.494 e. The van der Waals surface area contributed by atoms with Crippen LogP contribution in [0.2, 0.25) is 0 Å². The molecule has 0 aliphatic heterocycles. The van der Waals surface area contributed by atoms with Crippen LogP contribution in [0, 0.1) is 11.6 Å². The highest BCUT2D eigenvalue weighted by molar-refractivity contribution is 5.65. The first kappa shape index (κ1) is 18.4. The Labute approximate surface area is 154 Å². The van der Waals surface area contributed by atoms with Crippen LogP contribution in [-0.4, -0.2) is 43.4 Å². The molecule has 0 saturated carbocycles. The van der Waals surface area contributed by atoms with E-state index in [1.165, 1.54) is 51.5 Å². The first-order chi connectivity index (χ1) is 13.0. The summed E-state index contributed by atoms with van der Waals surface area (Å²) in [6.07, 6.45) is 1.33. The van der Waals surface area contributed by atoms with Gasteiger partial charge in [0.1, 0.15) is 0 Å². The van der Waals surface area contributed by atoms with Crippen LogP contribution in [0.4, 0.5) is 8.78 Å². The van der Waals surface area contributed by atoms with Crippen LogP contribution >= 0.6 is 0 Å². The lowest BCUT2D eigenvalue weighted by Gasteiger charge is -2.15. The highest BCUT2D eigenvalue weighted by Gasteiger charge is 2.21. The Balaban J connectivity index is 2.18. The minimum absolute atomic E-state index is 0.0212. The predicted molar refractivity (Wildman–Crippen MR) is 92.9 cm³/mol. The van der Waals surface area contributed by atoms with E-state index in [4.69, 9.17) is 18.9 Å². The van der Waals surface area contributed by atoms with Crippen molar-refractivity contribution in [2.45, 2.75) is 0 Å². The lowest BCUT2D eigenvalue weighted by atomic mass is 10.1. The van der Waals surface area contributed by atoms with Gasteiger partial charge in [0.15, 0.2) is 23.1 Å². The fourth-order valence-electron chi connectivity index (χ4n) is 2.69. The molecule has 2 aromatic carbocycles. The lowest BCUT2D eigenvalue weighted by Crippen LogP contribution is -2.04. The number of halogens is 2. The van der Waals surface area contributed by atoms with Crippen molar-refractivity contribution in [2.75, 3.05) is 28.4 Å². The smallest absolute Gasteiger partial charge is 0.203 e. The molecule has 0 radical (unpaired) electrons. The van der Waals surface area contributed by atoms with Crippen molar-refractivity contribution in [3.05, 3.63) is 42.1 Å². The molecule has 1 aromatic heterocycles.